The highest BCUT2D eigenvalue weighted by Crippen LogP contribution is 2.43. The number of hydrogen-bond donors (Lipinski definition) is 0. The lowest BCUT2D eigenvalue weighted by Gasteiger charge is -2.42. The highest BCUT2D eigenvalue weighted by Gasteiger charge is 2.45. The molecule has 7 rings (SSSR count). The zero-order valence-electron chi connectivity index (χ0n) is 26.3. The van der Waals surface area contributed by atoms with E-state index in [1.165, 1.54) is 18.2 Å². The van der Waals surface area contributed by atoms with Crippen LogP contribution in [0.3, 0.4) is 0 Å². The van der Waals surface area contributed by atoms with E-state index in [1.807, 2.05) is 4.90 Å². The van der Waals surface area contributed by atoms with Crippen molar-refractivity contribution in [3.63, 3.8) is 0 Å². The molecule has 11 heteroatoms. The molecule has 48 heavy (non-hydrogen) atoms. The minimum absolute atomic E-state index is 0.0691. The van der Waals surface area contributed by atoms with Crippen molar-refractivity contribution in [1.29, 1.82) is 10.5 Å². The lowest BCUT2D eigenvalue weighted by Crippen LogP contribution is -2.55. The van der Waals surface area contributed by atoms with Gasteiger partial charge in [-0.25, -0.2) is 13.8 Å². The fourth-order valence-electron chi connectivity index (χ4n) is 7.93. The van der Waals surface area contributed by atoms with Gasteiger partial charge in [-0.05, 0) is 74.0 Å². The van der Waals surface area contributed by atoms with Crippen molar-refractivity contribution >= 4 is 44.9 Å². The summed E-state index contributed by atoms with van der Waals surface area (Å²) < 4.78 is 37.5. The number of fused-ring (bicyclic) bond motifs is 3. The molecule has 3 aromatic carbocycles. The number of nitrogens with zero attached hydrogens (tertiary/aromatic N) is 6. The molecule has 1 atom stereocenters. The molecule has 0 unspecified atom stereocenters. The molecule has 3 fully saturated rings. The second kappa shape index (κ2) is 12.7. The van der Waals surface area contributed by atoms with E-state index in [0.717, 1.165) is 38.8 Å². The second-order valence-electron chi connectivity index (χ2n) is 12.8. The predicted octanol–water partition coefficient (Wildman–Crippen LogP) is 6.98. The Kier molecular flexibility index (Phi) is 8.41. The van der Waals surface area contributed by atoms with E-state index in [9.17, 15) is 19.7 Å². The molecule has 3 aliphatic rings. The number of ether oxygens (including phenoxy) is 1. The molecule has 0 spiro atoms. The standard InChI is InChI=1S/C37H33ClF2N6O2/c1-2-32(47)46-17-16-44(21-24(46)10-13-41)35-27-18-30(40)26(25-7-3-6-23-8-9-29(39)34(38)33(23)25)19-31(27)43-36(28(35)20-42)48-22-37-11-4-14-45(37)15-5-12-37/h2-3,6-9,18-19,24H,1,4-5,10-12,14-17,21-22H2/t24-/m0/s1. The maximum Gasteiger partial charge on any atom is 0.246 e. The molecule has 0 bridgehead atoms. The third kappa shape index (κ3) is 5.30. The number of rotatable bonds is 7. The predicted molar refractivity (Wildman–Crippen MR) is 181 cm³/mol. The lowest BCUT2D eigenvalue weighted by atomic mass is 9.95. The smallest absolute Gasteiger partial charge is 0.246 e. The Bertz CT molecular complexity index is 2050. The number of amides is 1. The van der Waals surface area contributed by atoms with Crippen LogP contribution in [-0.4, -0.2) is 71.6 Å². The number of benzene rings is 3. The molecule has 0 N–H and O–H groups in total. The summed E-state index contributed by atoms with van der Waals surface area (Å²) in [5, 5.41) is 21.5. The Morgan fingerprint density at radius 2 is 1.88 bits per heavy atom. The number of aromatic nitrogens is 1. The summed E-state index contributed by atoms with van der Waals surface area (Å²) in [6, 6.07) is 15.0. The van der Waals surface area contributed by atoms with E-state index in [-0.39, 0.29) is 53.0 Å². The van der Waals surface area contributed by atoms with Gasteiger partial charge in [0.15, 0.2) is 0 Å². The largest absolute Gasteiger partial charge is 0.475 e. The van der Waals surface area contributed by atoms with Crippen molar-refractivity contribution in [2.45, 2.75) is 43.7 Å². The first-order chi connectivity index (χ1) is 23.3. The fourth-order valence-corrected chi connectivity index (χ4v) is 8.20. The van der Waals surface area contributed by atoms with E-state index < -0.39 is 17.7 Å². The second-order valence-corrected chi connectivity index (χ2v) is 13.1. The Labute approximate surface area is 282 Å². The average molecular weight is 667 g/mol. The minimum Gasteiger partial charge on any atom is -0.475 e. The monoisotopic (exact) mass is 666 g/mol. The molecule has 1 amide bonds. The number of halogens is 3. The number of hydrogen-bond acceptors (Lipinski definition) is 7. The van der Waals surface area contributed by atoms with Gasteiger partial charge in [-0.2, -0.15) is 10.5 Å². The van der Waals surface area contributed by atoms with Gasteiger partial charge in [-0.15, -0.1) is 0 Å². The van der Waals surface area contributed by atoms with Crippen LogP contribution in [0.2, 0.25) is 5.02 Å². The van der Waals surface area contributed by atoms with Crippen molar-refractivity contribution in [2.75, 3.05) is 44.2 Å². The summed E-state index contributed by atoms with van der Waals surface area (Å²) >= 11 is 6.44. The third-order valence-corrected chi connectivity index (χ3v) is 10.6. The quantitative estimate of drug-likeness (QED) is 0.196. The van der Waals surface area contributed by atoms with Gasteiger partial charge >= 0.3 is 0 Å². The summed E-state index contributed by atoms with van der Waals surface area (Å²) in [4.78, 5) is 23.5. The molecule has 244 valence electrons. The van der Waals surface area contributed by atoms with Crippen molar-refractivity contribution < 1.29 is 18.3 Å². The van der Waals surface area contributed by atoms with Crippen LogP contribution >= 0.6 is 11.6 Å². The van der Waals surface area contributed by atoms with Crippen molar-refractivity contribution in [3.05, 3.63) is 77.3 Å². The van der Waals surface area contributed by atoms with E-state index in [0.29, 0.717) is 46.1 Å². The Balaban J connectivity index is 1.40. The van der Waals surface area contributed by atoms with Crippen LogP contribution in [-0.2, 0) is 4.79 Å². The molecular formula is C37H33ClF2N6O2. The van der Waals surface area contributed by atoms with E-state index >= 15 is 4.39 Å². The van der Waals surface area contributed by atoms with Gasteiger partial charge < -0.3 is 14.5 Å². The molecule has 0 radical (unpaired) electrons. The third-order valence-electron chi connectivity index (χ3n) is 10.2. The van der Waals surface area contributed by atoms with Crippen molar-refractivity contribution in [2.24, 2.45) is 0 Å². The van der Waals surface area contributed by atoms with Gasteiger partial charge in [0.05, 0.1) is 40.3 Å². The summed E-state index contributed by atoms with van der Waals surface area (Å²) in [7, 11) is 0. The van der Waals surface area contributed by atoms with Crippen LogP contribution in [0.1, 0.15) is 37.7 Å². The molecule has 4 heterocycles. The Hall–Kier alpha value is -4.77. The molecule has 3 aliphatic heterocycles. The number of pyridine rings is 1. The van der Waals surface area contributed by atoms with Crippen LogP contribution in [0.4, 0.5) is 14.5 Å². The van der Waals surface area contributed by atoms with Gasteiger partial charge in [0, 0.05) is 36.0 Å². The van der Waals surface area contributed by atoms with Crippen molar-refractivity contribution in [3.8, 4) is 29.1 Å². The summed E-state index contributed by atoms with van der Waals surface area (Å²) in [6.07, 6.45) is 5.45. The molecule has 1 aromatic heterocycles. The topological polar surface area (TPSA) is 96.5 Å². The van der Waals surface area contributed by atoms with Crippen LogP contribution in [0, 0.1) is 34.3 Å². The zero-order chi connectivity index (χ0) is 33.6. The normalized spacial score (nSPS) is 18.9. The molecule has 0 aliphatic carbocycles. The van der Waals surface area contributed by atoms with E-state index in [4.69, 9.17) is 21.3 Å². The zero-order valence-corrected chi connectivity index (χ0v) is 27.1. The lowest BCUT2D eigenvalue weighted by molar-refractivity contribution is -0.128. The summed E-state index contributed by atoms with van der Waals surface area (Å²) in [5.41, 5.74) is 1.46. The van der Waals surface area contributed by atoms with Gasteiger partial charge in [0.2, 0.25) is 11.8 Å². The Morgan fingerprint density at radius 1 is 1.08 bits per heavy atom. The van der Waals surface area contributed by atoms with Crippen molar-refractivity contribution in [1.82, 2.24) is 14.8 Å². The number of nitriles is 2. The molecule has 4 aromatic rings. The fraction of sp³-hybridized carbons (Fsp3) is 0.351. The molecule has 8 nitrogen and oxygen atoms in total. The van der Waals surface area contributed by atoms with E-state index in [2.05, 4.69) is 23.6 Å². The first kappa shape index (κ1) is 31.8. The molecule has 3 saturated heterocycles. The van der Waals surface area contributed by atoms with Gasteiger partial charge in [-0.3, -0.25) is 9.69 Å². The van der Waals surface area contributed by atoms with Crippen LogP contribution in [0.15, 0.2) is 55.1 Å². The summed E-state index contributed by atoms with van der Waals surface area (Å²) in [5.74, 6) is -1.34. The summed E-state index contributed by atoms with van der Waals surface area (Å²) in [6.45, 7) is 6.83. The maximum absolute atomic E-state index is 16.3. The van der Waals surface area contributed by atoms with E-state index in [1.54, 1.807) is 35.2 Å². The number of anilines is 1. The molecular weight excluding hydrogens is 634 g/mol. The first-order valence-corrected chi connectivity index (χ1v) is 16.5. The highest BCUT2D eigenvalue weighted by atomic mass is 35.5. The van der Waals surface area contributed by atoms with Crippen LogP contribution in [0.5, 0.6) is 5.88 Å². The first-order valence-electron chi connectivity index (χ1n) is 16.2. The molecule has 0 saturated carbocycles. The minimum atomic E-state index is -0.610. The Morgan fingerprint density at radius 3 is 2.60 bits per heavy atom. The van der Waals surface area contributed by atoms with Crippen LogP contribution in [0.25, 0.3) is 32.8 Å². The average Bonchev–Trinajstić information content (AvgIpc) is 3.68. The number of carbonyl (C=O) groups excluding carboxylic acids is 1. The maximum atomic E-state index is 16.3. The van der Waals surface area contributed by atoms with Gasteiger partial charge in [0.1, 0.15) is 29.9 Å². The SMILES string of the molecule is C=CC(=O)N1CCN(c2c(C#N)c(OCC34CCCN3CCC4)nc3cc(-c4cccc5ccc(F)c(Cl)c45)c(F)cc23)C[C@@H]1CC#N. The van der Waals surface area contributed by atoms with Gasteiger partial charge in [0.25, 0.3) is 0 Å². The van der Waals surface area contributed by atoms with Gasteiger partial charge in [-0.1, -0.05) is 42.4 Å². The number of carbonyl (C=O) groups is 1. The number of piperazine rings is 1. The van der Waals surface area contributed by atoms with Crippen LogP contribution < -0.4 is 9.64 Å². The highest BCUT2D eigenvalue weighted by molar-refractivity contribution is 6.37.